The highest BCUT2D eigenvalue weighted by atomic mass is 32.2. The van der Waals surface area contributed by atoms with Gasteiger partial charge >= 0.3 is 0 Å². The average Bonchev–Trinajstić information content (AvgIpc) is 2.93. The number of hydrogen-bond donors (Lipinski definition) is 1. The van der Waals surface area contributed by atoms with Gasteiger partial charge in [-0.2, -0.15) is 11.8 Å². The molecule has 2 nitrogen and oxygen atoms in total. The van der Waals surface area contributed by atoms with Gasteiger partial charge in [-0.15, -0.1) is 0 Å². The highest BCUT2D eigenvalue weighted by Crippen LogP contribution is 2.29. The fourth-order valence-electron chi connectivity index (χ4n) is 2.97. The van der Waals surface area contributed by atoms with Gasteiger partial charge in [0.15, 0.2) is 0 Å². The van der Waals surface area contributed by atoms with Crippen LogP contribution in [0.2, 0.25) is 0 Å². The van der Waals surface area contributed by atoms with E-state index in [2.05, 4.69) is 60.4 Å². The Labute approximate surface area is 125 Å². The first-order valence-electron chi connectivity index (χ1n) is 7.55. The summed E-state index contributed by atoms with van der Waals surface area (Å²) in [4.78, 5) is 4.72. The predicted octanol–water partition coefficient (Wildman–Crippen LogP) is 4.00. The van der Waals surface area contributed by atoms with Crippen molar-refractivity contribution >= 4 is 22.7 Å². The Kier molecular flexibility index (Phi) is 4.58. The lowest BCUT2D eigenvalue weighted by Gasteiger charge is -2.13. The minimum Gasteiger partial charge on any atom is -0.308 e. The fraction of sp³-hybridized carbons (Fsp3) is 0.471. The summed E-state index contributed by atoms with van der Waals surface area (Å²) in [5.74, 6) is 1.24. The van der Waals surface area contributed by atoms with E-state index in [0.717, 1.165) is 23.0 Å². The van der Waals surface area contributed by atoms with Crippen molar-refractivity contribution < 1.29 is 0 Å². The van der Waals surface area contributed by atoms with Gasteiger partial charge in [0.2, 0.25) is 0 Å². The molecule has 3 heteroatoms. The molecule has 1 saturated carbocycles. The highest BCUT2D eigenvalue weighted by Gasteiger charge is 2.23. The number of para-hydroxylation sites is 1. The van der Waals surface area contributed by atoms with Gasteiger partial charge < -0.3 is 5.32 Å². The maximum atomic E-state index is 4.72. The molecule has 1 aliphatic rings. The molecular formula is C17H22N2S. The van der Waals surface area contributed by atoms with Crippen LogP contribution in [0.4, 0.5) is 0 Å². The van der Waals surface area contributed by atoms with Gasteiger partial charge in [-0.3, -0.25) is 4.98 Å². The van der Waals surface area contributed by atoms with Gasteiger partial charge in [-0.25, -0.2) is 0 Å². The molecule has 2 atom stereocenters. The maximum absolute atomic E-state index is 4.72. The molecule has 0 amide bonds. The van der Waals surface area contributed by atoms with E-state index < -0.39 is 0 Å². The fourth-order valence-corrected chi connectivity index (χ4v) is 4.11. The smallest absolute Gasteiger partial charge is 0.0705 e. The molecule has 0 saturated heterocycles. The first kappa shape index (κ1) is 13.9. The monoisotopic (exact) mass is 286 g/mol. The zero-order chi connectivity index (χ0) is 13.8. The van der Waals surface area contributed by atoms with Crippen LogP contribution in [-0.4, -0.2) is 22.0 Å². The van der Waals surface area contributed by atoms with Crippen molar-refractivity contribution in [1.29, 1.82) is 0 Å². The zero-order valence-corrected chi connectivity index (χ0v) is 12.8. The molecule has 2 aromatic rings. The molecule has 1 aromatic heterocycles. The van der Waals surface area contributed by atoms with E-state index >= 15 is 0 Å². The highest BCUT2D eigenvalue weighted by molar-refractivity contribution is 7.99. The van der Waals surface area contributed by atoms with Crippen molar-refractivity contribution in [3.05, 3.63) is 42.1 Å². The molecule has 0 radical (unpaired) electrons. The van der Waals surface area contributed by atoms with Crippen LogP contribution in [0.3, 0.4) is 0 Å². The second-order valence-corrected chi connectivity index (χ2v) is 7.04. The van der Waals surface area contributed by atoms with Gasteiger partial charge in [0, 0.05) is 23.2 Å². The summed E-state index contributed by atoms with van der Waals surface area (Å²) in [6.07, 6.45) is 3.98. The first-order valence-corrected chi connectivity index (χ1v) is 8.59. The Morgan fingerprint density at radius 3 is 3.00 bits per heavy atom. The molecule has 106 valence electrons. The summed E-state index contributed by atoms with van der Waals surface area (Å²) in [5, 5.41) is 5.76. The van der Waals surface area contributed by atoms with E-state index in [0.29, 0.717) is 6.04 Å². The molecule has 1 aromatic carbocycles. The number of hydrogen-bond acceptors (Lipinski definition) is 3. The Balaban J connectivity index is 1.57. The molecule has 1 fully saturated rings. The SMILES string of the molecule is CCSC1CCC(NCc2ccc3ccccc3n2)C1. The first-order chi connectivity index (χ1) is 9.85. The van der Waals surface area contributed by atoms with Crippen LogP contribution in [0.15, 0.2) is 36.4 Å². The molecule has 3 rings (SSSR count). The van der Waals surface area contributed by atoms with Crippen molar-refractivity contribution in [3.8, 4) is 0 Å². The lowest BCUT2D eigenvalue weighted by atomic mass is 10.2. The minimum absolute atomic E-state index is 0.673. The van der Waals surface area contributed by atoms with Crippen molar-refractivity contribution in [2.24, 2.45) is 0 Å². The molecule has 0 bridgehead atoms. The molecule has 20 heavy (non-hydrogen) atoms. The van der Waals surface area contributed by atoms with Crippen molar-refractivity contribution in [2.75, 3.05) is 5.75 Å². The summed E-state index contributed by atoms with van der Waals surface area (Å²) < 4.78 is 0. The summed E-state index contributed by atoms with van der Waals surface area (Å²) in [5.41, 5.74) is 2.24. The van der Waals surface area contributed by atoms with Crippen molar-refractivity contribution in [3.63, 3.8) is 0 Å². The lowest BCUT2D eigenvalue weighted by Crippen LogP contribution is -2.26. The molecule has 1 heterocycles. The van der Waals surface area contributed by atoms with E-state index in [4.69, 9.17) is 4.98 Å². The molecule has 1 aliphatic carbocycles. The van der Waals surface area contributed by atoms with E-state index in [1.807, 2.05) is 0 Å². The van der Waals surface area contributed by atoms with Gasteiger partial charge in [0.25, 0.3) is 0 Å². The van der Waals surface area contributed by atoms with Crippen molar-refractivity contribution in [1.82, 2.24) is 10.3 Å². The molecule has 2 unspecified atom stereocenters. The number of fused-ring (bicyclic) bond motifs is 1. The van der Waals surface area contributed by atoms with Crippen LogP contribution >= 0.6 is 11.8 Å². The van der Waals surface area contributed by atoms with E-state index in [9.17, 15) is 0 Å². The average molecular weight is 286 g/mol. The quantitative estimate of drug-likeness (QED) is 0.899. The maximum Gasteiger partial charge on any atom is 0.0705 e. The molecule has 0 aliphatic heterocycles. The Morgan fingerprint density at radius 1 is 1.20 bits per heavy atom. The summed E-state index contributed by atoms with van der Waals surface area (Å²) in [6.45, 7) is 3.14. The third-order valence-corrected chi connectivity index (χ3v) is 5.25. The lowest BCUT2D eigenvalue weighted by molar-refractivity contribution is 0.521. The number of nitrogens with zero attached hydrogens (tertiary/aromatic N) is 1. The number of aromatic nitrogens is 1. The summed E-state index contributed by atoms with van der Waals surface area (Å²) in [7, 11) is 0. The second-order valence-electron chi connectivity index (χ2n) is 5.46. The standard InChI is InChI=1S/C17H22N2S/c1-2-20-16-10-9-14(11-16)18-12-15-8-7-13-5-3-4-6-17(13)19-15/h3-8,14,16,18H,2,9-12H2,1H3. The Bertz CT molecular complexity index is 570. The second kappa shape index (κ2) is 6.59. The van der Waals surface area contributed by atoms with E-state index in [-0.39, 0.29) is 0 Å². The van der Waals surface area contributed by atoms with Crippen molar-refractivity contribution in [2.45, 2.75) is 44.0 Å². The number of nitrogens with one attached hydrogen (secondary N) is 1. The number of rotatable bonds is 5. The number of benzene rings is 1. The van der Waals surface area contributed by atoms with Gasteiger partial charge in [0.05, 0.1) is 11.2 Å². The zero-order valence-electron chi connectivity index (χ0n) is 12.0. The van der Waals surface area contributed by atoms with Crippen LogP contribution in [0.5, 0.6) is 0 Å². The number of thioether (sulfide) groups is 1. The Morgan fingerprint density at radius 2 is 2.10 bits per heavy atom. The van der Waals surface area contributed by atoms with Crippen LogP contribution in [0, 0.1) is 0 Å². The van der Waals surface area contributed by atoms with Crippen LogP contribution in [0.1, 0.15) is 31.9 Å². The molecular weight excluding hydrogens is 264 g/mol. The van der Waals surface area contributed by atoms with Crippen LogP contribution in [-0.2, 0) is 6.54 Å². The van der Waals surface area contributed by atoms with E-state index in [1.165, 1.54) is 30.4 Å². The van der Waals surface area contributed by atoms with Crippen LogP contribution in [0.25, 0.3) is 10.9 Å². The normalized spacial score (nSPS) is 22.4. The summed E-state index contributed by atoms with van der Waals surface area (Å²) in [6, 6.07) is 13.3. The minimum atomic E-state index is 0.673. The third-order valence-electron chi connectivity index (χ3n) is 4.01. The summed E-state index contributed by atoms with van der Waals surface area (Å²) >= 11 is 2.11. The van der Waals surface area contributed by atoms with Gasteiger partial charge in [-0.1, -0.05) is 31.2 Å². The van der Waals surface area contributed by atoms with Gasteiger partial charge in [-0.05, 0) is 37.1 Å². The molecule has 1 N–H and O–H groups in total. The largest absolute Gasteiger partial charge is 0.308 e. The topological polar surface area (TPSA) is 24.9 Å². The third kappa shape index (κ3) is 3.33. The Hall–Kier alpha value is -1.06. The molecule has 0 spiro atoms. The number of pyridine rings is 1. The van der Waals surface area contributed by atoms with E-state index in [1.54, 1.807) is 0 Å². The van der Waals surface area contributed by atoms with Crippen LogP contribution < -0.4 is 5.32 Å². The predicted molar refractivity (Wildman–Crippen MR) is 88.1 cm³/mol. The van der Waals surface area contributed by atoms with Gasteiger partial charge in [0.1, 0.15) is 0 Å².